The van der Waals surface area contributed by atoms with Crippen LogP contribution in [0, 0.1) is 0 Å². The van der Waals surface area contributed by atoms with E-state index in [1.54, 1.807) is 0 Å². The SMILES string of the molecule is O=C(O)CCCC(=O)NCc1cccc(-c2ccc([C@H]3O[C@@H](CN4CCC5(CC4)OCCO5)C[C@@H](c4ccc(CO)cc4)O3)cc2)c1. The molecule has 3 aliphatic rings. The normalized spacial score (nSPS) is 22.7. The maximum absolute atomic E-state index is 12.1. The van der Waals surface area contributed by atoms with Crippen molar-refractivity contribution < 1.29 is 38.7 Å². The van der Waals surface area contributed by atoms with Crippen molar-refractivity contribution in [3.8, 4) is 11.1 Å². The van der Waals surface area contributed by atoms with Crippen LogP contribution in [0.25, 0.3) is 11.1 Å². The number of benzene rings is 3. The number of carboxylic acids is 1. The molecule has 3 saturated heterocycles. The van der Waals surface area contributed by atoms with Gasteiger partial charge in [-0.2, -0.15) is 0 Å². The highest BCUT2D eigenvalue weighted by Gasteiger charge is 2.41. The van der Waals surface area contributed by atoms with Crippen LogP contribution < -0.4 is 5.32 Å². The van der Waals surface area contributed by atoms with Gasteiger partial charge in [0.25, 0.3) is 0 Å². The Hall–Kier alpha value is -3.64. The van der Waals surface area contributed by atoms with E-state index in [0.29, 0.717) is 26.2 Å². The molecular weight excluding hydrogens is 600 g/mol. The van der Waals surface area contributed by atoms with Crippen LogP contribution in [0.3, 0.4) is 0 Å². The smallest absolute Gasteiger partial charge is 0.303 e. The molecular formula is C37H44N2O8. The summed E-state index contributed by atoms with van der Waals surface area (Å²) >= 11 is 0. The molecule has 47 heavy (non-hydrogen) atoms. The molecule has 1 spiro atoms. The van der Waals surface area contributed by atoms with Gasteiger partial charge >= 0.3 is 5.97 Å². The Morgan fingerprint density at radius 3 is 2.28 bits per heavy atom. The fourth-order valence-corrected chi connectivity index (χ4v) is 6.57. The van der Waals surface area contributed by atoms with Crippen molar-refractivity contribution in [3.05, 3.63) is 95.1 Å². The van der Waals surface area contributed by atoms with Crippen molar-refractivity contribution in [2.75, 3.05) is 32.8 Å². The van der Waals surface area contributed by atoms with Gasteiger partial charge in [0.2, 0.25) is 5.91 Å². The molecule has 0 radical (unpaired) electrons. The summed E-state index contributed by atoms with van der Waals surface area (Å²) in [6.07, 6.45) is 2.21. The highest BCUT2D eigenvalue weighted by molar-refractivity contribution is 5.76. The zero-order valence-corrected chi connectivity index (χ0v) is 26.6. The molecule has 0 aliphatic carbocycles. The van der Waals surface area contributed by atoms with E-state index in [1.807, 2.05) is 60.7 Å². The molecule has 3 aromatic carbocycles. The summed E-state index contributed by atoms with van der Waals surface area (Å²) in [5.41, 5.74) is 5.89. The van der Waals surface area contributed by atoms with Crippen molar-refractivity contribution in [1.82, 2.24) is 10.2 Å². The van der Waals surface area contributed by atoms with E-state index in [1.165, 1.54) is 0 Å². The minimum Gasteiger partial charge on any atom is -0.481 e. The molecule has 0 unspecified atom stereocenters. The van der Waals surface area contributed by atoms with Crippen molar-refractivity contribution in [2.24, 2.45) is 0 Å². The fraction of sp³-hybridized carbons (Fsp3) is 0.459. The third-order valence-electron chi connectivity index (χ3n) is 9.24. The number of nitrogens with one attached hydrogen (secondary N) is 1. The summed E-state index contributed by atoms with van der Waals surface area (Å²) in [6, 6.07) is 24.2. The molecule has 6 rings (SSSR count). The second-order valence-corrected chi connectivity index (χ2v) is 12.6. The highest BCUT2D eigenvalue weighted by atomic mass is 16.7. The molecule has 3 N–H and O–H groups in total. The second kappa shape index (κ2) is 15.5. The van der Waals surface area contributed by atoms with Gasteiger partial charge in [-0.05, 0) is 40.3 Å². The highest BCUT2D eigenvalue weighted by Crippen LogP contribution is 2.39. The van der Waals surface area contributed by atoms with Crippen LogP contribution in [0.4, 0.5) is 0 Å². The molecule has 0 saturated carbocycles. The first-order valence-corrected chi connectivity index (χ1v) is 16.6. The van der Waals surface area contributed by atoms with E-state index in [2.05, 4.69) is 22.3 Å². The van der Waals surface area contributed by atoms with Crippen molar-refractivity contribution in [3.63, 3.8) is 0 Å². The maximum Gasteiger partial charge on any atom is 0.303 e. The number of aliphatic carboxylic acids is 1. The monoisotopic (exact) mass is 644 g/mol. The third-order valence-corrected chi connectivity index (χ3v) is 9.24. The lowest BCUT2D eigenvalue weighted by molar-refractivity contribution is -0.255. The van der Waals surface area contributed by atoms with E-state index in [4.69, 9.17) is 24.1 Å². The number of amides is 1. The number of hydrogen-bond donors (Lipinski definition) is 3. The van der Waals surface area contributed by atoms with E-state index < -0.39 is 18.0 Å². The molecule has 3 heterocycles. The minimum atomic E-state index is -0.896. The maximum atomic E-state index is 12.1. The Balaban J connectivity index is 1.11. The first kappa shape index (κ1) is 33.3. The Labute approximate surface area is 275 Å². The third kappa shape index (κ3) is 8.84. The predicted molar refractivity (Wildman–Crippen MR) is 174 cm³/mol. The van der Waals surface area contributed by atoms with Gasteiger partial charge in [-0.1, -0.05) is 66.7 Å². The summed E-state index contributed by atoms with van der Waals surface area (Å²) in [7, 11) is 0. The van der Waals surface area contributed by atoms with Crippen molar-refractivity contribution >= 4 is 11.9 Å². The number of aliphatic hydroxyl groups is 1. The van der Waals surface area contributed by atoms with Gasteiger partial charge in [-0.25, -0.2) is 0 Å². The summed E-state index contributed by atoms with van der Waals surface area (Å²) in [5.74, 6) is -1.46. The standard InChI is InChI=1S/C37H44N2O8/c40-25-26-7-9-29(10-8-26)33-22-32(24-39-17-15-37(16-18-39)44-19-20-45-37)46-36(47-33)30-13-11-28(12-14-30)31-4-1-3-27(21-31)23-38-34(41)5-2-6-35(42)43/h1,3-4,7-14,21,32-33,36,40H,2,5-6,15-20,22-25H2,(H,38,41)(H,42,43)/t32-,33+,36+/m1/s1. The minimum absolute atomic E-state index is 0.00252. The van der Waals surface area contributed by atoms with E-state index in [-0.39, 0.29) is 37.6 Å². The Morgan fingerprint density at radius 2 is 1.57 bits per heavy atom. The average molecular weight is 645 g/mol. The molecule has 1 amide bonds. The number of carbonyl (C=O) groups is 2. The van der Waals surface area contributed by atoms with Gasteiger partial charge in [0.15, 0.2) is 12.1 Å². The Kier molecular flexibility index (Phi) is 11.0. The summed E-state index contributed by atoms with van der Waals surface area (Å²) < 4.78 is 25.0. The van der Waals surface area contributed by atoms with Crippen LogP contribution in [-0.4, -0.2) is 71.7 Å². The summed E-state index contributed by atoms with van der Waals surface area (Å²) in [6.45, 7) is 4.29. The molecule has 3 aromatic rings. The van der Waals surface area contributed by atoms with Crippen LogP contribution in [-0.2, 0) is 41.7 Å². The molecule has 250 valence electrons. The number of carbonyl (C=O) groups excluding carboxylic acids is 1. The predicted octanol–water partition coefficient (Wildman–Crippen LogP) is 5.10. The Morgan fingerprint density at radius 1 is 0.851 bits per heavy atom. The van der Waals surface area contributed by atoms with E-state index in [9.17, 15) is 14.7 Å². The van der Waals surface area contributed by atoms with Crippen molar-refractivity contribution in [1.29, 1.82) is 0 Å². The van der Waals surface area contributed by atoms with Crippen LogP contribution in [0.2, 0.25) is 0 Å². The number of likely N-dealkylation sites (tertiary alicyclic amines) is 1. The zero-order chi connectivity index (χ0) is 32.6. The first-order chi connectivity index (χ1) is 22.9. The molecule has 3 atom stereocenters. The quantitative estimate of drug-likeness (QED) is 0.247. The number of carboxylic acid groups (broad SMARTS) is 1. The van der Waals surface area contributed by atoms with Gasteiger partial charge in [0, 0.05) is 63.8 Å². The molecule has 0 bridgehead atoms. The van der Waals surface area contributed by atoms with Gasteiger partial charge in [0.1, 0.15) is 0 Å². The number of hydrogen-bond acceptors (Lipinski definition) is 8. The van der Waals surface area contributed by atoms with E-state index in [0.717, 1.165) is 72.3 Å². The Bertz CT molecular complexity index is 1480. The number of ether oxygens (including phenoxy) is 4. The largest absolute Gasteiger partial charge is 0.481 e. The van der Waals surface area contributed by atoms with Gasteiger partial charge < -0.3 is 39.4 Å². The fourth-order valence-electron chi connectivity index (χ4n) is 6.57. The number of aliphatic hydroxyl groups excluding tert-OH is 1. The summed E-state index contributed by atoms with van der Waals surface area (Å²) in [5, 5.41) is 21.2. The number of piperidine rings is 1. The molecule has 10 heteroatoms. The molecule has 0 aromatic heterocycles. The van der Waals surface area contributed by atoms with Crippen molar-refractivity contribution in [2.45, 2.75) is 76.0 Å². The van der Waals surface area contributed by atoms with Crippen LogP contribution in [0.5, 0.6) is 0 Å². The van der Waals surface area contributed by atoms with Crippen LogP contribution in [0.15, 0.2) is 72.8 Å². The molecule has 3 aliphatic heterocycles. The van der Waals surface area contributed by atoms with Crippen LogP contribution >= 0.6 is 0 Å². The lowest BCUT2D eigenvalue weighted by atomic mass is 9.98. The van der Waals surface area contributed by atoms with Gasteiger partial charge in [-0.15, -0.1) is 0 Å². The average Bonchev–Trinajstić information content (AvgIpc) is 3.56. The molecule has 10 nitrogen and oxygen atoms in total. The van der Waals surface area contributed by atoms with E-state index >= 15 is 0 Å². The topological polar surface area (TPSA) is 127 Å². The summed E-state index contributed by atoms with van der Waals surface area (Å²) in [4.78, 5) is 25.3. The second-order valence-electron chi connectivity index (χ2n) is 12.6. The number of rotatable bonds is 12. The first-order valence-electron chi connectivity index (χ1n) is 16.6. The van der Waals surface area contributed by atoms with Crippen LogP contribution in [0.1, 0.15) is 73.2 Å². The number of nitrogens with zero attached hydrogens (tertiary/aromatic N) is 1. The van der Waals surface area contributed by atoms with Gasteiger partial charge in [-0.3, -0.25) is 9.59 Å². The lowest BCUT2D eigenvalue weighted by Crippen LogP contribution is -2.48. The lowest BCUT2D eigenvalue weighted by Gasteiger charge is -2.41. The molecule has 3 fully saturated rings. The van der Waals surface area contributed by atoms with Gasteiger partial charge in [0.05, 0.1) is 32.0 Å². The zero-order valence-electron chi connectivity index (χ0n) is 26.6.